The first kappa shape index (κ1) is 19.7. The number of halogens is 1. The summed E-state index contributed by atoms with van der Waals surface area (Å²) in [6, 6.07) is 8.64. The van der Waals surface area contributed by atoms with Crippen LogP contribution in [-0.2, 0) is 4.79 Å². The Kier molecular flexibility index (Phi) is 6.47. The van der Waals surface area contributed by atoms with Crippen LogP contribution < -0.4 is 10.6 Å². The Balaban J connectivity index is 0.00000225. The predicted octanol–water partition coefficient (Wildman–Crippen LogP) is 3.06. The van der Waals surface area contributed by atoms with E-state index >= 15 is 0 Å². The Labute approximate surface area is 155 Å². The number of carbonyl (C=O) groups excluding carboxylic acids is 2. The third-order valence-corrected chi connectivity index (χ3v) is 5.24. The Morgan fingerprint density at radius 2 is 1.68 bits per heavy atom. The van der Waals surface area contributed by atoms with Gasteiger partial charge in [0, 0.05) is 42.3 Å². The van der Waals surface area contributed by atoms with Gasteiger partial charge >= 0.3 is 0 Å². The van der Waals surface area contributed by atoms with Crippen molar-refractivity contribution in [1.29, 1.82) is 0 Å². The molecule has 6 heteroatoms. The summed E-state index contributed by atoms with van der Waals surface area (Å²) in [5.74, 6) is -0.0212. The molecule has 2 unspecified atom stereocenters. The van der Waals surface area contributed by atoms with Gasteiger partial charge in [-0.25, -0.2) is 0 Å². The summed E-state index contributed by atoms with van der Waals surface area (Å²) in [5.41, 5.74) is 1.40. The van der Waals surface area contributed by atoms with Crippen molar-refractivity contribution in [3.8, 4) is 0 Å². The van der Waals surface area contributed by atoms with Crippen LogP contribution in [0, 0.1) is 5.92 Å². The number of fused-ring (bicyclic) bond motifs is 2. The number of anilines is 1. The molecule has 2 fully saturated rings. The van der Waals surface area contributed by atoms with Crippen LogP contribution in [0.1, 0.15) is 49.9 Å². The molecule has 2 N–H and O–H groups in total. The van der Waals surface area contributed by atoms with Crippen LogP contribution in [0.15, 0.2) is 24.3 Å². The highest BCUT2D eigenvalue weighted by molar-refractivity contribution is 5.96. The van der Waals surface area contributed by atoms with Crippen molar-refractivity contribution in [2.75, 3.05) is 12.4 Å². The first-order valence-electron chi connectivity index (χ1n) is 8.88. The van der Waals surface area contributed by atoms with Gasteiger partial charge in [0.15, 0.2) is 0 Å². The minimum Gasteiger partial charge on any atom is -0.339 e. The predicted molar refractivity (Wildman–Crippen MR) is 102 cm³/mol. The minimum absolute atomic E-state index is 0. The molecule has 0 saturated carbocycles. The Hall–Kier alpha value is -1.59. The van der Waals surface area contributed by atoms with Crippen LogP contribution in [0.5, 0.6) is 0 Å². The zero-order chi connectivity index (χ0) is 17.3. The minimum atomic E-state index is -0.0623. The first-order chi connectivity index (χ1) is 11.4. The van der Waals surface area contributed by atoms with Gasteiger partial charge < -0.3 is 15.5 Å². The summed E-state index contributed by atoms with van der Waals surface area (Å²) in [6.45, 7) is 3.71. The molecule has 2 saturated heterocycles. The third-order valence-electron chi connectivity index (χ3n) is 5.24. The second-order valence-corrected chi connectivity index (χ2v) is 7.40. The van der Waals surface area contributed by atoms with E-state index in [9.17, 15) is 9.59 Å². The van der Waals surface area contributed by atoms with Crippen molar-refractivity contribution >= 4 is 29.9 Å². The van der Waals surface area contributed by atoms with Gasteiger partial charge in [0.2, 0.25) is 5.91 Å². The molecule has 0 radical (unpaired) electrons. The molecule has 5 nitrogen and oxygen atoms in total. The fraction of sp³-hybridized carbons (Fsp3) is 0.579. The number of piperidine rings is 1. The first-order valence-corrected chi connectivity index (χ1v) is 8.88. The highest BCUT2D eigenvalue weighted by atomic mass is 35.5. The van der Waals surface area contributed by atoms with Crippen molar-refractivity contribution < 1.29 is 9.59 Å². The van der Waals surface area contributed by atoms with Crippen molar-refractivity contribution in [2.45, 2.75) is 57.7 Å². The quantitative estimate of drug-likeness (QED) is 0.862. The van der Waals surface area contributed by atoms with E-state index < -0.39 is 0 Å². The lowest BCUT2D eigenvalue weighted by atomic mass is 9.98. The number of nitrogens with one attached hydrogen (secondary N) is 2. The summed E-state index contributed by atoms with van der Waals surface area (Å²) in [4.78, 5) is 26.4. The number of carbonyl (C=O) groups is 2. The Morgan fingerprint density at radius 3 is 2.20 bits per heavy atom. The Morgan fingerprint density at radius 1 is 1.12 bits per heavy atom. The highest BCUT2D eigenvalue weighted by Gasteiger charge is 2.36. The average Bonchev–Trinajstić information content (AvgIpc) is 2.92. The van der Waals surface area contributed by atoms with Gasteiger partial charge in [-0.1, -0.05) is 13.8 Å². The summed E-state index contributed by atoms with van der Waals surface area (Å²) >= 11 is 0. The zero-order valence-electron chi connectivity index (χ0n) is 15.1. The zero-order valence-corrected chi connectivity index (χ0v) is 15.9. The van der Waals surface area contributed by atoms with Crippen molar-refractivity contribution in [3.05, 3.63) is 29.8 Å². The lowest BCUT2D eigenvalue weighted by molar-refractivity contribution is -0.118. The van der Waals surface area contributed by atoms with Crippen LogP contribution >= 0.6 is 12.4 Å². The van der Waals surface area contributed by atoms with Crippen LogP contribution in [0.25, 0.3) is 0 Å². The molecule has 3 rings (SSSR count). The van der Waals surface area contributed by atoms with E-state index in [1.165, 1.54) is 12.8 Å². The van der Waals surface area contributed by atoms with Crippen LogP contribution in [0.2, 0.25) is 0 Å². The van der Waals surface area contributed by atoms with E-state index in [1.807, 2.05) is 25.8 Å². The lowest BCUT2D eigenvalue weighted by Gasteiger charge is -2.35. The average molecular weight is 366 g/mol. The number of nitrogens with zero attached hydrogens (tertiary/aromatic N) is 1. The number of benzene rings is 1. The summed E-state index contributed by atoms with van der Waals surface area (Å²) in [5, 5.41) is 6.46. The molecule has 25 heavy (non-hydrogen) atoms. The van der Waals surface area contributed by atoms with Crippen molar-refractivity contribution in [1.82, 2.24) is 10.2 Å². The lowest BCUT2D eigenvalue weighted by Crippen LogP contribution is -2.48. The summed E-state index contributed by atoms with van der Waals surface area (Å²) in [6.07, 6.45) is 4.55. The standard InChI is InChI=1S/C19H27N3O2.ClH/c1-12(2)18(23)21-14-6-4-13(5-7-14)19(24)22(3)17-10-15-8-9-16(11-17)20-15;/h4-7,12,15-17,20H,8-11H2,1-3H3,(H,21,23);1H. The molecule has 2 aliphatic rings. The largest absolute Gasteiger partial charge is 0.339 e. The van der Waals surface area contributed by atoms with Gasteiger partial charge in [-0.2, -0.15) is 0 Å². The second-order valence-electron chi connectivity index (χ2n) is 7.40. The topological polar surface area (TPSA) is 61.4 Å². The van der Waals surface area contributed by atoms with E-state index in [0.717, 1.165) is 18.5 Å². The smallest absolute Gasteiger partial charge is 0.253 e. The van der Waals surface area contributed by atoms with E-state index in [2.05, 4.69) is 10.6 Å². The maximum absolute atomic E-state index is 12.7. The van der Waals surface area contributed by atoms with Crippen LogP contribution in [0.4, 0.5) is 5.69 Å². The number of amides is 2. The van der Waals surface area contributed by atoms with E-state index in [-0.39, 0.29) is 30.1 Å². The fourth-order valence-electron chi connectivity index (χ4n) is 3.70. The molecular weight excluding hydrogens is 338 g/mol. The SMILES string of the molecule is CC(C)C(=O)Nc1ccc(C(=O)N(C)C2CC3CCC(C2)N3)cc1.Cl. The third kappa shape index (κ3) is 4.53. The maximum atomic E-state index is 12.7. The van der Waals surface area contributed by atoms with Gasteiger partial charge in [-0.15, -0.1) is 12.4 Å². The molecule has 2 amide bonds. The molecule has 0 spiro atoms. The maximum Gasteiger partial charge on any atom is 0.253 e. The van der Waals surface area contributed by atoms with Gasteiger partial charge in [0.05, 0.1) is 0 Å². The van der Waals surface area contributed by atoms with Gasteiger partial charge in [0.25, 0.3) is 5.91 Å². The molecule has 0 aliphatic carbocycles. The molecule has 0 aromatic heterocycles. The number of hydrogen-bond donors (Lipinski definition) is 2. The van der Waals surface area contributed by atoms with Crippen LogP contribution in [-0.4, -0.2) is 41.9 Å². The molecule has 1 aromatic carbocycles. The number of rotatable bonds is 4. The molecule has 138 valence electrons. The molecular formula is C19H28ClN3O2. The normalized spacial score (nSPS) is 24.6. The monoisotopic (exact) mass is 365 g/mol. The van der Waals surface area contributed by atoms with Gasteiger partial charge in [-0.05, 0) is 49.9 Å². The van der Waals surface area contributed by atoms with Gasteiger partial charge in [-0.3, -0.25) is 9.59 Å². The van der Waals surface area contributed by atoms with E-state index in [1.54, 1.807) is 24.3 Å². The summed E-state index contributed by atoms with van der Waals surface area (Å²) < 4.78 is 0. The molecule has 2 heterocycles. The number of hydrogen-bond acceptors (Lipinski definition) is 3. The Bertz CT molecular complexity index is 606. The molecule has 2 bridgehead atoms. The highest BCUT2D eigenvalue weighted by Crippen LogP contribution is 2.29. The van der Waals surface area contributed by atoms with Gasteiger partial charge in [0.1, 0.15) is 0 Å². The fourth-order valence-corrected chi connectivity index (χ4v) is 3.70. The summed E-state index contributed by atoms with van der Waals surface area (Å²) in [7, 11) is 1.91. The molecule has 2 atom stereocenters. The van der Waals surface area contributed by atoms with Crippen molar-refractivity contribution in [3.63, 3.8) is 0 Å². The van der Waals surface area contributed by atoms with E-state index in [4.69, 9.17) is 0 Å². The van der Waals surface area contributed by atoms with Crippen molar-refractivity contribution in [2.24, 2.45) is 5.92 Å². The molecule has 1 aromatic rings. The van der Waals surface area contributed by atoms with Crippen LogP contribution in [0.3, 0.4) is 0 Å². The second kappa shape index (κ2) is 8.19. The molecule has 2 aliphatic heterocycles. The van der Waals surface area contributed by atoms with E-state index in [0.29, 0.717) is 23.7 Å².